The van der Waals surface area contributed by atoms with Gasteiger partial charge < -0.3 is 4.74 Å². The van der Waals surface area contributed by atoms with E-state index in [1.54, 1.807) is 12.1 Å². The molecule has 1 aromatic rings. The number of carbonyl (C=O) groups is 2. The average molecular weight is 366 g/mol. The highest BCUT2D eigenvalue weighted by molar-refractivity contribution is 7.86. The van der Waals surface area contributed by atoms with Gasteiger partial charge in [-0.2, -0.15) is 8.42 Å². The van der Waals surface area contributed by atoms with Gasteiger partial charge in [-0.15, -0.1) is 0 Å². The number of hydrogen-bond acceptors (Lipinski definition) is 6. The summed E-state index contributed by atoms with van der Waals surface area (Å²) in [7, 11) is -3.93. The van der Waals surface area contributed by atoms with Crippen LogP contribution in [-0.4, -0.2) is 32.4 Å². The Morgan fingerprint density at radius 2 is 1.80 bits per heavy atom. The zero-order valence-corrected chi connectivity index (χ0v) is 15.1. The van der Waals surface area contributed by atoms with Crippen molar-refractivity contribution in [3.05, 3.63) is 29.8 Å². The Morgan fingerprint density at radius 3 is 2.44 bits per heavy atom. The molecule has 2 aliphatic carbocycles. The highest BCUT2D eigenvalue weighted by Gasteiger charge is 2.48. The van der Waals surface area contributed by atoms with Crippen LogP contribution in [0.3, 0.4) is 0 Å². The molecule has 136 valence electrons. The predicted octanol–water partition coefficient (Wildman–Crippen LogP) is 2.39. The van der Waals surface area contributed by atoms with E-state index < -0.39 is 34.2 Å². The van der Waals surface area contributed by atoms with Crippen molar-refractivity contribution in [2.75, 3.05) is 0 Å². The summed E-state index contributed by atoms with van der Waals surface area (Å²) < 4.78 is 36.0. The molecule has 2 fully saturated rings. The summed E-state index contributed by atoms with van der Waals surface area (Å²) >= 11 is 0. The van der Waals surface area contributed by atoms with Gasteiger partial charge in [0.05, 0.1) is 11.0 Å². The van der Waals surface area contributed by atoms with E-state index in [1.807, 2.05) is 6.92 Å². The zero-order chi connectivity index (χ0) is 18.2. The van der Waals surface area contributed by atoms with Crippen LogP contribution >= 0.6 is 0 Å². The normalized spacial score (nSPS) is 29.3. The van der Waals surface area contributed by atoms with Crippen molar-refractivity contribution >= 4 is 21.9 Å². The van der Waals surface area contributed by atoms with Crippen LogP contribution in [0.1, 0.15) is 38.2 Å². The van der Waals surface area contributed by atoms with E-state index in [0.29, 0.717) is 19.3 Å². The molecule has 4 unspecified atom stereocenters. The first kappa shape index (κ1) is 18.1. The number of fused-ring (bicyclic) bond motifs is 2. The summed E-state index contributed by atoms with van der Waals surface area (Å²) in [4.78, 5) is 23.5. The Morgan fingerprint density at radius 1 is 1.12 bits per heavy atom. The second-order valence-electron chi connectivity index (χ2n) is 6.92. The number of aryl methyl sites for hydroxylation is 1. The number of benzene rings is 1. The third-order valence-corrected chi connectivity index (χ3v) is 6.35. The van der Waals surface area contributed by atoms with Crippen molar-refractivity contribution in [2.24, 2.45) is 11.8 Å². The standard InChI is InChI=1S/C18H22O6S/c1-11-3-6-15(7-4-11)25(21,22)24-17-8-5-13-9-14(20)10-16(17)18(13)23-12(2)19/h3-4,6-7,13,16-18H,5,8-10H2,1-2H3. The number of hydrogen-bond donors (Lipinski definition) is 0. The number of Topliss-reactive ketones (excluding diaryl/α,β-unsaturated/α-hetero) is 1. The van der Waals surface area contributed by atoms with Crippen molar-refractivity contribution in [3.8, 4) is 0 Å². The number of esters is 1. The van der Waals surface area contributed by atoms with Crippen LogP contribution < -0.4 is 0 Å². The molecule has 0 amide bonds. The van der Waals surface area contributed by atoms with E-state index in [1.165, 1.54) is 19.1 Å². The molecule has 0 heterocycles. The Hall–Kier alpha value is -1.73. The third kappa shape index (κ3) is 3.93. The largest absolute Gasteiger partial charge is 0.462 e. The SMILES string of the molecule is CC(=O)OC1C2CCC(OS(=O)(=O)c3ccc(C)cc3)C1CC(=O)C2. The van der Waals surface area contributed by atoms with Gasteiger partial charge in [0.15, 0.2) is 0 Å². The minimum Gasteiger partial charge on any atom is -0.462 e. The molecule has 4 atom stereocenters. The fourth-order valence-corrected chi connectivity index (χ4v) is 4.99. The van der Waals surface area contributed by atoms with Crippen LogP contribution in [0.2, 0.25) is 0 Å². The number of rotatable bonds is 4. The zero-order valence-electron chi connectivity index (χ0n) is 14.3. The van der Waals surface area contributed by atoms with E-state index in [-0.39, 0.29) is 23.0 Å². The first-order valence-corrected chi connectivity index (χ1v) is 9.86. The van der Waals surface area contributed by atoms with Crippen LogP contribution in [0.5, 0.6) is 0 Å². The molecule has 0 saturated heterocycles. The molecule has 3 rings (SSSR count). The molecule has 6 nitrogen and oxygen atoms in total. The second-order valence-corrected chi connectivity index (χ2v) is 8.50. The molecule has 2 bridgehead atoms. The summed E-state index contributed by atoms with van der Waals surface area (Å²) in [6.07, 6.45) is 0.590. The van der Waals surface area contributed by atoms with Gasteiger partial charge in [0, 0.05) is 31.6 Å². The van der Waals surface area contributed by atoms with Gasteiger partial charge in [0.2, 0.25) is 0 Å². The highest BCUT2D eigenvalue weighted by Crippen LogP contribution is 2.42. The summed E-state index contributed by atoms with van der Waals surface area (Å²) in [6, 6.07) is 6.43. The topological polar surface area (TPSA) is 86.7 Å². The Labute approximate surface area is 147 Å². The third-order valence-electron chi connectivity index (χ3n) is 5.00. The molecular weight excluding hydrogens is 344 g/mol. The van der Waals surface area contributed by atoms with Gasteiger partial charge in [-0.3, -0.25) is 13.8 Å². The molecule has 0 aliphatic heterocycles. The van der Waals surface area contributed by atoms with Crippen LogP contribution in [0.15, 0.2) is 29.2 Å². The van der Waals surface area contributed by atoms with Crippen LogP contribution in [0, 0.1) is 18.8 Å². The van der Waals surface area contributed by atoms with Crippen molar-refractivity contribution < 1.29 is 26.9 Å². The highest BCUT2D eigenvalue weighted by atomic mass is 32.2. The lowest BCUT2D eigenvalue weighted by Crippen LogP contribution is -2.50. The summed E-state index contributed by atoms with van der Waals surface area (Å²) in [5.74, 6) is -0.808. The van der Waals surface area contributed by atoms with Gasteiger partial charge in [-0.1, -0.05) is 17.7 Å². The maximum atomic E-state index is 12.6. The van der Waals surface area contributed by atoms with Gasteiger partial charge in [0.25, 0.3) is 10.1 Å². The summed E-state index contributed by atoms with van der Waals surface area (Å²) in [6.45, 7) is 3.20. The molecule has 0 aromatic heterocycles. The molecule has 2 saturated carbocycles. The molecule has 2 aliphatic rings. The smallest absolute Gasteiger partial charge is 0.302 e. The van der Waals surface area contributed by atoms with Crippen molar-refractivity contribution in [2.45, 2.75) is 56.6 Å². The number of ether oxygens (including phenoxy) is 1. The molecule has 7 heteroatoms. The first-order valence-electron chi connectivity index (χ1n) is 8.45. The molecule has 0 radical (unpaired) electrons. The van der Waals surface area contributed by atoms with Gasteiger partial charge in [0.1, 0.15) is 11.9 Å². The minimum absolute atomic E-state index is 0.0444. The van der Waals surface area contributed by atoms with Crippen LogP contribution in [0.4, 0.5) is 0 Å². The lowest BCUT2D eigenvalue weighted by atomic mass is 9.68. The van der Waals surface area contributed by atoms with Crippen molar-refractivity contribution in [1.29, 1.82) is 0 Å². The average Bonchev–Trinajstić information content (AvgIpc) is 2.51. The lowest BCUT2D eigenvalue weighted by Gasteiger charge is -2.44. The van der Waals surface area contributed by atoms with Crippen LogP contribution in [0.25, 0.3) is 0 Å². The molecule has 0 spiro atoms. The van der Waals surface area contributed by atoms with E-state index >= 15 is 0 Å². The maximum absolute atomic E-state index is 12.6. The van der Waals surface area contributed by atoms with Crippen molar-refractivity contribution in [3.63, 3.8) is 0 Å². The fraction of sp³-hybridized carbons (Fsp3) is 0.556. The fourth-order valence-electron chi connectivity index (χ4n) is 3.84. The molecule has 25 heavy (non-hydrogen) atoms. The lowest BCUT2D eigenvalue weighted by molar-refractivity contribution is -0.167. The van der Waals surface area contributed by atoms with Gasteiger partial charge in [-0.05, 0) is 31.9 Å². The minimum atomic E-state index is -3.93. The van der Waals surface area contributed by atoms with E-state index in [0.717, 1.165) is 5.56 Å². The predicted molar refractivity (Wildman–Crippen MR) is 89.2 cm³/mol. The quantitative estimate of drug-likeness (QED) is 0.601. The van der Waals surface area contributed by atoms with Gasteiger partial charge >= 0.3 is 5.97 Å². The van der Waals surface area contributed by atoms with E-state index in [2.05, 4.69) is 0 Å². The number of carbonyl (C=O) groups excluding carboxylic acids is 2. The molecule has 1 aromatic carbocycles. The Bertz CT molecular complexity index is 767. The maximum Gasteiger partial charge on any atom is 0.302 e. The Kier molecular flexibility index (Phi) is 4.97. The van der Waals surface area contributed by atoms with E-state index in [4.69, 9.17) is 8.92 Å². The second kappa shape index (κ2) is 6.88. The van der Waals surface area contributed by atoms with Crippen LogP contribution in [-0.2, 0) is 28.6 Å². The summed E-state index contributed by atoms with van der Waals surface area (Å²) in [5.41, 5.74) is 0.951. The Balaban J connectivity index is 1.82. The molecular formula is C18H22O6S. The molecule has 0 N–H and O–H groups in total. The van der Waals surface area contributed by atoms with Crippen molar-refractivity contribution in [1.82, 2.24) is 0 Å². The first-order chi connectivity index (χ1) is 11.8. The number of ketones is 1. The van der Waals surface area contributed by atoms with Gasteiger partial charge in [-0.25, -0.2) is 0 Å². The summed E-state index contributed by atoms with van der Waals surface area (Å²) in [5, 5.41) is 0. The monoisotopic (exact) mass is 366 g/mol. The van der Waals surface area contributed by atoms with E-state index in [9.17, 15) is 18.0 Å².